The van der Waals surface area contributed by atoms with Gasteiger partial charge in [-0.3, -0.25) is 0 Å². The van der Waals surface area contributed by atoms with E-state index in [1.165, 1.54) is 0 Å². The van der Waals surface area contributed by atoms with Crippen molar-refractivity contribution in [3.63, 3.8) is 0 Å². The van der Waals surface area contributed by atoms with Crippen molar-refractivity contribution in [1.29, 1.82) is 0 Å². The number of alkyl halides is 1. The molecule has 0 aliphatic heterocycles. The number of oxazole rings is 1. The summed E-state index contributed by atoms with van der Waals surface area (Å²) >= 11 is 6.37. The molecule has 18 heavy (non-hydrogen) atoms. The van der Waals surface area contributed by atoms with E-state index < -0.39 is 0 Å². The maximum Gasteiger partial charge on any atom is 0.197 e. The summed E-state index contributed by atoms with van der Waals surface area (Å²) in [4.78, 5) is 4.43. The molecule has 3 rings (SSSR count). The number of aromatic nitrogens is 1. The molecule has 3 aromatic rings. The van der Waals surface area contributed by atoms with Gasteiger partial charge in [0.15, 0.2) is 11.5 Å². The normalized spacial score (nSPS) is 12.7. The maximum atomic E-state index is 6.37. The number of halogens is 1. The lowest BCUT2D eigenvalue weighted by molar-refractivity contribution is 0.525. The fourth-order valence-electron chi connectivity index (χ4n) is 1.94. The third-order valence-electron chi connectivity index (χ3n) is 2.85. The van der Waals surface area contributed by atoms with Crippen LogP contribution in [-0.2, 0) is 6.42 Å². The lowest BCUT2D eigenvalue weighted by Crippen LogP contribution is -1.95. The zero-order valence-corrected chi connectivity index (χ0v) is 10.5. The van der Waals surface area contributed by atoms with E-state index >= 15 is 0 Å². The van der Waals surface area contributed by atoms with E-state index in [4.69, 9.17) is 16.0 Å². The molecule has 1 unspecified atom stereocenters. The predicted molar refractivity (Wildman–Crippen MR) is 72.7 cm³/mol. The van der Waals surface area contributed by atoms with E-state index in [2.05, 4.69) is 4.98 Å². The van der Waals surface area contributed by atoms with E-state index in [0.717, 1.165) is 16.7 Å². The summed E-state index contributed by atoms with van der Waals surface area (Å²) in [5.74, 6) is 0.681. The third-order valence-corrected chi connectivity index (χ3v) is 3.26. The molecule has 2 nitrogen and oxygen atoms in total. The van der Waals surface area contributed by atoms with Gasteiger partial charge in [0.25, 0.3) is 0 Å². The number of para-hydroxylation sites is 2. The summed E-state index contributed by atoms with van der Waals surface area (Å²) < 4.78 is 5.66. The monoisotopic (exact) mass is 257 g/mol. The molecule has 3 heteroatoms. The summed E-state index contributed by atoms with van der Waals surface area (Å²) in [5, 5.41) is -0.112. The largest absolute Gasteiger partial charge is 0.441 e. The number of fused-ring (bicyclic) bond motifs is 1. The van der Waals surface area contributed by atoms with E-state index in [1.54, 1.807) is 0 Å². The summed E-state index contributed by atoms with van der Waals surface area (Å²) in [5.41, 5.74) is 2.77. The first kappa shape index (κ1) is 11.3. The van der Waals surface area contributed by atoms with E-state index in [1.807, 2.05) is 54.6 Å². The Morgan fingerprint density at radius 2 is 1.72 bits per heavy atom. The first-order chi connectivity index (χ1) is 8.83. The average Bonchev–Trinajstić information content (AvgIpc) is 2.82. The van der Waals surface area contributed by atoms with Gasteiger partial charge in [-0.15, -0.1) is 11.6 Å². The van der Waals surface area contributed by atoms with Crippen molar-refractivity contribution in [1.82, 2.24) is 4.98 Å². The van der Waals surface area contributed by atoms with Crippen LogP contribution in [0.25, 0.3) is 11.1 Å². The van der Waals surface area contributed by atoms with Crippen molar-refractivity contribution in [3.05, 3.63) is 66.1 Å². The van der Waals surface area contributed by atoms with Crippen LogP contribution in [0.4, 0.5) is 0 Å². The second kappa shape index (κ2) is 4.83. The van der Waals surface area contributed by atoms with Crippen LogP contribution in [0.5, 0.6) is 0 Å². The van der Waals surface area contributed by atoms with Crippen LogP contribution in [0.1, 0.15) is 16.8 Å². The Balaban J connectivity index is 1.84. The van der Waals surface area contributed by atoms with E-state index in [0.29, 0.717) is 12.3 Å². The summed E-state index contributed by atoms with van der Waals surface area (Å²) in [6, 6.07) is 17.7. The minimum absolute atomic E-state index is 0.112. The van der Waals surface area contributed by atoms with Gasteiger partial charge in [-0.25, -0.2) is 4.98 Å². The second-order valence-corrected chi connectivity index (χ2v) is 4.68. The number of nitrogens with zero attached hydrogens (tertiary/aromatic N) is 1. The molecule has 0 aliphatic carbocycles. The highest BCUT2D eigenvalue weighted by Crippen LogP contribution is 2.26. The number of rotatable bonds is 3. The van der Waals surface area contributed by atoms with Crippen molar-refractivity contribution >= 4 is 22.7 Å². The fourth-order valence-corrected chi connectivity index (χ4v) is 2.22. The lowest BCUT2D eigenvalue weighted by Gasteiger charge is -2.06. The van der Waals surface area contributed by atoms with Gasteiger partial charge in [0, 0.05) is 6.42 Å². The molecule has 0 amide bonds. The van der Waals surface area contributed by atoms with Gasteiger partial charge < -0.3 is 4.42 Å². The van der Waals surface area contributed by atoms with Gasteiger partial charge in [-0.1, -0.05) is 42.5 Å². The molecule has 1 heterocycles. The quantitative estimate of drug-likeness (QED) is 0.652. The first-order valence-corrected chi connectivity index (χ1v) is 6.30. The van der Waals surface area contributed by atoms with Gasteiger partial charge in [-0.05, 0) is 17.7 Å². The first-order valence-electron chi connectivity index (χ1n) is 5.86. The van der Waals surface area contributed by atoms with Crippen molar-refractivity contribution in [2.24, 2.45) is 0 Å². The number of hydrogen-bond donors (Lipinski definition) is 0. The molecule has 2 aromatic carbocycles. The molecular weight excluding hydrogens is 246 g/mol. The van der Waals surface area contributed by atoms with Crippen LogP contribution in [0.3, 0.4) is 0 Å². The molecule has 0 aliphatic rings. The smallest absolute Gasteiger partial charge is 0.197 e. The molecule has 0 N–H and O–H groups in total. The summed E-state index contributed by atoms with van der Waals surface area (Å²) in [7, 11) is 0. The highest BCUT2D eigenvalue weighted by Gasteiger charge is 2.13. The Bertz CT molecular complexity index is 615. The Morgan fingerprint density at radius 1 is 1.00 bits per heavy atom. The SMILES string of the molecule is ClC(Cc1nc2ccccc2o1)c1ccccc1. The van der Waals surface area contributed by atoms with Crippen molar-refractivity contribution < 1.29 is 4.42 Å². The highest BCUT2D eigenvalue weighted by atomic mass is 35.5. The predicted octanol–water partition coefficient (Wildman–Crippen LogP) is 4.35. The number of hydrogen-bond acceptors (Lipinski definition) is 2. The lowest BCUT2D eigenvalue weighted by atomic mass is 10.1. The standard InChI is InChI=1S/C15H12ClNO/c16-12(11-6-2-1-3-7-11)10-15-17-13-8-4-5-9-14(13)18-15/h1-9,12H,10H2. The van der Waals surface area contributed by atoms with Gasteiger partial charge in [-0.2, -0.15) is 0 Å². The number of benzene rings is 2. The summed E-state index contributed by atoms with van der Waals surface area (Å²) in [6.45, 7) is 0. The highest BCUT2D eigenvalue weighted by molar-refractivity contribution is 6.20. The topological polar surface area (TPSA) is 26.0 Å². The van der Waals surface area contributed by atoms with Gasteiger partial charge >= 0.3 is 0 Å². The van der Waals surface area contributed by atoms with Gasteiger partial charge in [0.1, 0.15) is 5.52 Å². The second-order valence-electron chi connectivity index (χ2n) is 4.16. The fraction of sp³-hybridized carbons (Fsp3) is 0.133. The van der Waals surface area contributed by atoms with Crippen molar-refractivity contribution in [2.75, 3.05) is 0 Å². The van der Waals surface area contributed by atoms with Crippen LogP contribution >= 0.6 is 11.6 Å². The van der Waals surface area contributed by atoms with Crippen molar-refractivity contribution in [3.8, 4) is 0 Å². The Kier molecular flexibility index (Phi) is 3.03. The Hall–Kier alpha value is -1.80. The van der Waals surface area contributed by atoms with Crippen LogP contribution < -0.4 is 0 Å². The van der Waals surface area contributed by atoms with Crippen molar-refractivity contribution in [2.45, 2.75) is 11.8 Å². The van der Waals surface area contributed by atoms with Crippen LogP contribution in [-0.4, -0.2) is 4.98 Å². The minimum atomic E-state index is -0.112. The maximum absolute atomic E-state index is 6.37. The molecule has 0 saturated heterocycles. The molecule has 0 spiro atoms. The Morgan fingerprint density at radius 3 is 2.50 bits per heavy atom. The molecule has 0 fully saturated rings. The molecule has 0 saturated carbocycles. The zero-order chi connectivity index (χ0) is 12.4. The van der Waals surface area contributed by atoms with Crippen LogP contribution in [0.2, 0.25) is 0 Å². The molecule has 0 radical (unpaired) electrons. The Labute approximate surface area is 110 Å². The van der Waals surface area contributed by atoms with Crippen LogP contribution in [0, 0.1) is 0 Å². The molecule has 1 atom stereocenters. The van der Waals surface area contributed by atoms with E-state index in [-0.39, 0.29) is 5.38 Å². The molecule has 0 bridgehead atoms. The third kappa shape index (κ3) is 2.24. The van der Waals surface area contributed by atoms with E-state index in [9.17, 15) is 0 Å². The molecule has 90 valence electrons. The average molecular weight is 258 g/mol. The van der Waals surface area contributed by atoms with Gasteiger partial charge in [0.2, 0.25) is 0 Å². The zero-order valence-electron chi connectivity index (χ0n) is 9.71. The molecule has 1 aromatic heterocycles. The summed E-state index contributed by atoms with van der Waals surface area (Å²) in [6.07, 6.45) is 0.597. The minimum Gasteiger partial charge on any atom is -0.441 e. The van der Waals surface area contributed by atoms with Crippen LogP contribution in [0.15, 0.2) is 59.0 Å². The van der Waals surface area contributed by atoms with Gasteiger partial charge in [0.05, 0.1) is 5.38 Å². The molecular formula is C15H12ClNO.